The van der Waals surface area contributed by atoms with Crippen molar-refractivity contribution in [2.45, 2.75) is 32.1 Å². The molecule has 106 valence electrons. The Morgan fingerprint density at radius 3 is 3.15 bits per heavy atom. The van der Waals surface area contributed by atoms with Gasteiger partial charge in [0.25, 0.3) is 5.91 Å². The smallest absolute Gasteiger partial charge is 0.251 e. The van der Waals surface area contributed by atoms with Crippen molar-refractivity contribution in [2.24, 2.45) is 5.73 Å². The van der Waals surface area contributed by atoms with E-state index in [0.717, 1.165) is 11.9 Å². The second-order valence-corrected chi connectivity index (χ2v) is 5.62. The van der Waals surface area contributed by atoms with Gasteiger partial charge in [-0.1, -0.05) is 6.92 Å². The van der Waals surface area contributed by atoms with Crippen molar-refractivity contribution in [3.8, 4) is 0 Å². The number of rotatable bonds is 3. The van der Waals surface area contributed by atoms with Crippen LogP contribution in [0.3, 0.4) is 0 Å². The Hall–Kier alpha value is -1.81. The number of aromatic nitrogens is 1. The van der Waals surface area contributed by atoms with E-state index in [4.69, 9.17) is 5.73 Å². The minimum absolute atomic E-state index is 0.0452. The molecule has 4 N–H and O–H groups in total. The third kappa shape index (κ3) is 2.20. The first-order chi connectivity index (χ1) is 9.70. The quantitative estimate of drug-likeness (QED) is 0.801. The number of fused-ring (bicyclic) bond motifs is 3. The van der Waals surface area contributed by atoms with Gasteiger partial charge in [0.05, 0.1) is 0 Å². The lowest BCUT2D eigenvalue weighted by atomic mass is 9.88. The van der Waals surface area contributed by atoms with Gasteiger partial charge in [0.2, 0.25) is 0 Å². The lowest BCUT2D eigenvalue weighted by Crippen LogP contribution is -2.28. The average molecular weight is 271 g/mol. The molecule has 1 aromatic carbocycles. The van der Waals surface area contributed by atoms with Crippen molar-refractivity contribution < 1.29 is 4.79 Å². The molecule has 0 radical (unpaired) electrons. The third-order valence-electron chi connectivity index (χ3n) is 4.19. The van der Waals surface area contributed by atoms with Crippen molar-refractivity contribution in [1.82, 2.24) is 10.3 Å². The molecule has 4 heteroatoms. The predicted molar refractivity (Wildman–Crippen MR) is 81.0 cm³/mol. The highest BCUT2D eigenvalue weighted by atomic mass is 16.1. The molecule has 3 rings (SSSR count). The number of hydrogen-bond acceptors (Lipinski definition) is 2. The highest BCUT2D eigenvalue weighted by molar-refractivity contribution is 5.99. The molecule has 0 saturated carbocycles. The number of hydrogen-bond donors (Lipinski definition) is 3. The second-order valence-electron chi connectivity index (χ2n) is 5.62. The van der Waals surface area contributed by atoms with Crippen LogP contribution in [-0.4, -0.2) is 24.0 Å². The van der Waals surface area contributed by atoms with Gasteiger partial charge in [-0.15, -0.1) is 0 Å². The lowest BCUT2D eigenvalue weighted by Gasteiger charge is -2.18. The van der Waals surface area contributed by atoms with Crippen LogP contribution in [0.5, 0.6) is 0 Å². The fourth-order valence-corrected chi connectivity index (χ4v) is 3.12. The van der Waals surface area contributed by atoms with Gasteiger partial charge in [0.15, 0.2) is 0 Å². The lowest BCUT2D eigenvalue weighted by molar-refractivity contribution is 0.0955. The molecule has 1 aromatic heterocycles. The number of nitrogens with two attached hydrogens (primary N) is 1. The number of H-pyrrole nitrogens is 1. The van der Waals surface area contributed by atoms with Gasteiger partial charge < -0.3 is 16.0 Å². The van der Waals surface area contributed by atoms with E-state index in [-0.39, 0.29) is 5.91 Å². The van der Waals surface area contributed by atoms with E-state index in [1.165, 1.54) is 29.5 Å². The Kier molecular flexibility index (Phi) is 3.49. The van der Waals surface area contributed by atoms with E-state index in [9.17, 15) is 4.79 Å². The van der Waals surface area contributed by atoms with Crippen LogP contribution in [0.15, 0.2) is 18.2 Å². The Balaban J connectivity index is 2.00. The van der Waals surface area contributed by atoms with Crippen LogP contribution in [-0.2, 0) is 6.42 Å². The average Bonchev–Trinajstić information content (AvgIpc) is 2.84. The molecule has 0 spiro atoms. The maximum Gasteiger partial charge on any atom is 0.251 e. The van der Waals surface area contributed by atoms with Gasteiger partial charge in [0, 0.05) is 35.2 Å². The molecule has 20 heavy (non-hydrogen) atoms. The molecule has 0 aliphatic heterocycles. The first-order valence-electron chi connectivity index (χ1n) is 7.33. The fourth-order valence-electron chi connectivity index (χ4n) is 3.12. The van der Waals surface area contributed by atoms with Crippen molar-refractivity contribution in [3.05, 3.63) is 35.0 Å². The van der Waals surface area contributed by atoms with Gasteiger partial charge in [-0.3, -0.25) is 4.79 Å². The van der Waals surface area contributed by atoms with Crippen LogP contribution in [0, 0.1) is 0 Å². The fraction of sp³-hybridized carbons (Fsp3) is 0.438. The van der Waals surface area contributed by atoms with Crippen molar-refractivity contribution in [2.75, 3.05) is 13.1 Å². The van der Waals surface area contributed by atoms with Crippen LogP contribution in [0.25, 0.3) is 10.9 Å². The summed E-state index contributed by atoms with van der Waals surface area (Å²) < 4.78 is 0. The summed E-state index contributed by atoms with van der Waals surface area (Å²) in [7, 11) is 0. The second kappa shape index (κ2) is 5.29. The van der Waals surface area contributed by atoms with Crippen LogP contribution in [0.2, 0.25) is 0 Å². The number of aromatic amines is 1. The number of amides is 1. The van der Waals surface area contributed by atoms with E-state index in [2.05, 4.69) is 17.2 Å². The van der Waals surface area contributed by atoms with E-state index in [1.54, 1.807) is 0 Å². The van der Waals surface area contributed by atoms with Gasteiger partial charge in [-0.25, -0.2) is 0 Å². The van der Waals surface area contributed by atoms with E-state index < -0.39 is 0 Å². The SMILES string of the molecule is CC1CCCc2c1[nH]c1ccc(C(=O)NCCN)cc21. The summed E-state index contributed by atoms with van der Waals surface area (Å²) in [5.74, 6) is 0.539. The molecule has 0 fully saturated rings. The predicted octanol–water partition coefficient (Wildman–Crippen LogP) is 2.30. The van der Waals surface area contributed by atoms with E-state index >= 15 is 0 Å². The van der Waals surface area contributed by atoms with Gasteiger partial charge in [-0.2, -0.15) is 0 Å². The standard InChI is InChI=1S/C16H21N3O/c1-10-3-2-4-12-13-9-11(16(20)18-8-7-17)5-6-14(13)19-15(10)12/h5-6,9-10,19H,2-4,7-8,17H2,1H3,(H,18,20). The Morgan fingerprint density at radius 2 is 2.35 bits per heavy atom. The summed E-state index contributed by atoms with van der Waals surface area (Å²) >= 11 is 0. The molecule has 0 saturated heterocycles. The normalized spacial score (nSPS) is 18.0. The largest absolute Gasteiger partial charge is 0.358 e. The maximum atomic E-state index is 12.0. The monoisotopic (exact) mass is 271 g/mol. The first kappa shape index (κ1) is 13.2. The van der Waals surface area contributed by atoms with Crippen LogP contribution >= 0.6 is 0 Å². The number of benzene rings is 1. The third-order valence-corrected chi connectivity index (χ3v) is 4.19. The van der Waals surface area contributed by atoms with Crippen molar-refractivity contribution >= 4 is 16.8 Å². The molecular weight excluding hydrogens is 250 g/mol. The van der Waals surface area contributed by atoms with Crippen LogP contribution in [0.4, 0.5) is 0 Å². The topological polar surface area (TPSA) is 70.9 Å². The zero-order valence-corrected chi connectivity index (χ0v) is 11.8. The first-order valence-corrected chi connectivity index (χ1v) is 7.33. The summed E-state index contributed by atoms with van der Waals surface area (Å²) in [6, 6.07) is 5.90. The highest BCUT2D eigenvalue weighted by Gasteiger charge is 2.21. The Labute approximate surface area is 118 Å². The summed E-state index contributed by atoms with van der Waals surface area (Å²) in [5, 5.41) is 4.02. The summed E-state index contributed by atoms with van der Waals surface area (Å²) in [6.45, 7) is 3.24. The van der Waals surface area contributed by atoms with Crippen LogP contribution in [0.1, 0.15) is 47.3 Å². The molecule has 2 aromatic rings. The minimum Gasteiger partial charge on any atom is -0.358 e. The summed E-state index contributed by atoms with van der Waals surface area (Å²) in [6.07, 6.45) is 3.57. The van der Waals surface area contributed by atoms with Gasteiger partial charge in [-0.05, 0) is 48.9 Å². The minimum atomic E-state index is -0.0452. The Morgan fingerprint density at radius 1 is 1.50 bits per heavy atom. The zero-order valence-electron chi connectivity index (χ0n) is 11.8. The molecule has 1 unspecified atom stereocenters. The molecule has 1 aliphatic carbocycles. The zero-order chi connectivity index (χ0) is 14.1. The molecule has 1 atom stereocenters. The molecular formula is C16H21N3O. The molecule has 0 bridgehead atoms. The summed E-state index contributed by atoms with van der Waals surface area (Å²) in [4.78, 5) is 15.5. The molecule has 1 amide bonds. The number of aryl methyl sites for hydroxylation is 1. The number of carbonyl (C=O) groups is 1. The van der Waals surface area contributed by atoms with E-state index in [1.807, 2.05) is 18.2 Å². The molecule has 1 aliphatic rings. The molecule has 1 heterocycles. The summed E-state index contributed by atoms with van der Waals surface area (Å²) in [5.41, 5.74) is 10.0. The Bertz CT molecular complexity index is 644. The van der Waals surface area contributed by atoms with Gasteiger partial charge in [0.1, 0.15) is 0 Å². The van der Waals surface area contributed by atoms with Crippen molar-refractivity contribution in [3.63, 3.8) is 0 Å². The highest BCUT2D eigenvalue weighted by Crippen LogP contribution is 2.35. The van der Waals surface area contributed by atoms with Crippen LogP contribution < -0.4 is 11.1 Å². The number of carbonyl (C=O) groups excluding carboxylic acids is 1. The van der Waals surface area contributed by atoms with Gasteiger partial charge >= 0.3 is 0 Å². The number of nitrogens with one attached hydrogen (secondary N) is 2. The van der Waals surface area contributed by atoms with Crippen molar-refractivity contribution in [1.29, 1.82) is 0 Å². The molecule has 4 nitrogen and oxygen atoms in total. The van der Waals surface area contributed by atoms with E-state index in [0.29, 0.717) is 24.6 Å². The maximum absolute atomic E-state index is 12.0.